The van der Waals surface area contributed by atoms with Gasteiger partial charge in [-0.3, -0.25) is 9.48 Å². The second-order valence-electron chi connectivity index (χ2n) is 5.44. The number of hydrogen-bond acceptors (Lipinski definition) is 4. The van der Waals surface area contributed by atoms with Gasteiger partial charge in [-0.2, -0.15) is 5.10 Å². The number of thiophene rings is 1. The van der Waals surface area contributed by atoms with Gasteiger partial charge in [-0.1, -0.05) is 6.07 Å². The maximum atomic E-state index is 11.7. The third-order valence-corrected chi connectivity index (χ3v) is 4.17. The van der Waals surface area contributed by atoms with Gasteiger partial charge in [0.05, 0.1) is 6.54 Å². The van der Waals surface area contributed by atoms with Gasteiger partial charge in [0.2, 0.25) is 5.91 Å². The molecule has 0 atom stereocenters. The molecule has 2 rings (SSSR count). The summed E-state index contributed by atoms with van der Waals surface area (Å²) in [5.41, 5.74) is 0. The van der Waals surface area contributed by atoms with Crippen LogP contribution in [0.4, 0.5) is 0 Å². The normalized spacial score (nSPS) is 11.3. The van der Waals surface area contributed by atoms with Crippen LogP contribution in [0.15, 0.2) is 41.0 Å². The second-order valence-corrected chi connectivity index (χ2v) is 6.47. The van der Waals surface area contributed by atoms with Crippen molar-refractivity contribution in [1.29, 1.82) is 0 Å². The molecule has 0 unspecified atom stereocenters. The number of likely N-dealkylation sites (N-methyl/N-ethyl adjacent to an activating group) is 1. The zero-order valence-electron chi connectivity index (χ0n) is 14.1. The van der Waals surface area contributed by atoms with Crippen LogP contribution in [0.2, 0.25) is 0 Å². The van der Waals surface area contributed by atoms with Gasteiger partial charge in [0, 0.05) is 44.5 Å². The van der Waals surface area contributed by atoms with Crippen LogP contribution in [0, 0.1) is 0 Å². The Hall–Kier alpha value is -2.35. The fourth-order valence-electron chi connectivity index (χ4n) is 1.93. The van der Waals surface area contributed by atoms with Crippen LogP contribution < -0.4 is 10.6 Å². The molecule has 7 nitrogen and oxygen atoms in total. The van der Waals surface area contributed by atoms with Gasteiger partial charge in [-0.05, 0) is 23.9 Å². The molecule has 0 bridgehead atoms. The molecule has 0 saturated heterocycles. The molecule has 0 aliphatic heterocycles. The van der Waals surface area contributed by atoms with Gasteiger partial charge in [-0.15, -0.1) is 11.3 Å². The highest BCUT2D eigenvalue weighted by Gasteiger charge is 2.05. The molecule has 0 aromatic carbocycles. The minimum atomic E-state index is -0.0243. The molecule has 1 amide bonds. The molecule has 0 spiro atoms. The molecule has 2 aromatic heterocycles. The Morgan fingerprint density at radius 2 is 2.25 bits per heavy atom. The van der Waals surface area contributed by atoms with Gasteiger partial charge in [0.1, 0.15) is 6.54 Å². The van der Waals surface area contributed by atoms with Gasteiger partial charge in [0.15, 0.2) is 5.96 Å². The lowest BCUT2D eigenvalue weighted by Gasteiger charge is -2.13. The molecule has 8 heteroatoms. The van der Waals surface area contributed by atoms with E-state index in [1.54, 1.807) is 31.6 Å². The third kappa shape index (κ3) is 6.41. The number of nitrogens with zero attached hydrogens (tertiary/aromatic N) is 4. The van der Waals surface area contributed by atoms with Crippen molar-refractivity contribution in [3.8, 4) is 0 Å². The number of carbonyl (C=O) groups excluding carboxylic acids is 1. The van der Waals surface area contributed by atoms with E-state index in [1.165, 1.54) is 9.78 Å². The van der Waals surface area contributed by atoms with Crippen molar-refractivity contribution in [1.82, 2.24) is 25.3 Å². The number of aromatic nitrogens is 2. The maximum absolute atomic E-state index is 11.7. The molecule has 0 fully saturated rings. The van der Waals surface area contributed by atoms with Crippen LogP contribution in [0.5, 0.6) is 0 Å². The Kier molecular flexibility index (Phi) is 7.28. The molecule has 2 aromatic rings. The molecule has 24 heavy (non-hydrogen) atoms. The lowest BCUT2D eigenvalue weighted by atomic mass is 10.4. The lowest BCUT2D eigenvalue weighted by molar-refractivity contribution is -0.127. The maximum Gasteiger partial charge on any atom is 0.243 e. The van der Waals surface area contributed by atoms with Gasteiger partial charge in [-0.25, -0.2) is 4.99 Å². The number of carbonyl (C=O) groups is 1. The fraction of sp³-hybridized carbons (Fsp3) is 0.438. The van der Waals surface area contributed by atoms with Gasteiger partial charge in [0.25, 0.3) is 0 Å². The zero-order valence-corrected chi connectivity index (χ0v) is 14.9. The summed E-state index contributed by atoms with van der Waals surface area (Å²) < 4.78 is 1.90. The highest BCUT2D eigenvalue weighted by Crippen LogP contribution is 2.07. The molecule has 2 N–H and O–H groups in total. The molecule has 2 heterocycles. The number of aryl methyl sites for hydroxylation is 1. The van der Waals surface area contributed by atoms with Crippen LogP contribution in [-0.2, 0) is 17.9 Å². The second kappa shape index (κ2) is 9.71. The van der Waals surface area contributed by atoms with Crippen LogP contribution in [0.3, 0.4) is 0 Å². The third-order valence-electron chi connectivity index (χ3n) is 3.30. The van der Waals surface area contributed by atoms with Crippen molar-refractivity contribution in [2.45, 2.75) is 19.5 Å². The predicted octanol–water partition coefficient (Wildman–Crippen LogP) is 1.16. The molecule has 0 aliphatic rings. The largest absolute Gasteiger partial charge is 0.356 e. The van der Waals surface area contributed by atoms with E-state index in [2.05, 4.69) is 26.8 Å². The average molecular weight is 348 g/mol. The summed E-state index contributed by atoms with van der Waals surface area (Å²) in [7, 11) is 3.46. The van der Waals surface area contributed by atoms with Crippen LogP contribution >= 0.6 is 11.3 Å². The summed E-state index contributed by atoms with van der Waals surface area (Å²) in [6.07, 6.45) is 4.64. The van der Waals surface area contributed by atoms with E-state index in [0.29, 0.717) is 12.5 Å². The number of rotatable bonds is 8. The van der Waals surface area contributed by atoms with Gasteiger partial charge < -0.3 is 15.5 Å². The fourth-order valence-corrected chi connectivity index (χ4v) is 2.57. The lowest BCUT2D eigenvalue weighted by Crippen LogP contribution is -2.38. The van der Waals surface area contributed by atoms with Crippen LogP contribution in [-0.4, -0.2) is 53.7 Å². The number of nitrogens with one attached hydrogen (secondary N) is 2. The van der Waals surface area contributed by atoms with Crippen molar-refractivity contribution in [2.75, 3.05) is 27.2 Å². The first-order valence-electron chi connectivity index (χ1n) is 7.87. The monoisotopic (exact) mass is 348 g/mol. The Morgan fingerprint density at radius 1 is 1.38 bits per heavy atom. The first-order valence-corrected chi connectivity index (χ1v) is 8.75. The quantitative estimate of drug-likeness (QED) is 0.426. The zero-order chi connectivity index (χ0) is 17.2. The minimum absolute atomic E-state index is 0.0243. The summed E-state index contributed by atoms with van der Waals surface area (Å²) in [5.74, 6) is 0.628. The molecular formula is C16H24N6OS. The predicted molar refractivity (Wildman–Crippen MR) is 97.0 cm³/mol. The van der Waals surface area contributed by atoms with Gasteiger partial charge >= 0.3 is 0 Å². The standard InChI is InChI=1S/C16H24N6OS/c1-21(2)15(23)13-19-16(18-12-14-6-3-11-24-14)17-7-4-9-22-10-5-8-20-22/h3,5-6,8,10-11H,4,7,9,12-13H2,1-2H3,(H2,17,18,19). The first kappa shape index (κ1) is 18.0. The molecular weight excluding hydrogens is 324 g/mol. The number of aliphatic imine (C=N–C) groups is 1. The van der Waals surface area contributed by atoms with Crippen molar-refractivity contribution in [3.05, 3.63) is 40.8 Å². The summed E-state index contributed by atoms with van der Waals surface area (Å²) in [4.78, 5) is 18.8. The van der Waals surface area contributed by atoms with E-state index >= 15 is 0 Å². The van der Waals surface area contributed by atoms with Crippen LogP contribution in [0.25, 0.3) is 0 Å². The Bertz CT molecular complexity index is 621. The van der Waals surface area contributed by atoms with Crippen molar-refractivity contribution in [3.63, 3.8) is 0 Å². The molecule has 0 saturated carbocycles. The van der Waals surface area contributed by atoms with E-state index in [1.807, 2.05) is 28.4 Å². The van der Waals surface area contributed by atoms with E-state index in [-0.39, 0.29) is 12.5 Å². The number of guanidine groups is 1. The Balaban J connectivity index is 1.81. The number of hydrogen-bond donors (Lipinski definition) is 2. The summed E-state index contributed by atoms with van der Waals surface area (Å²) >= 11 is 1.69. The summed E-state index contributed by atoms with van der Waals surface area (Å²) in [5, 5.41) is 12.8. The average Bonchev–Trinajstić information content (AvgIpc) is 3.26. The Labute approximate surface area is 146 Å². The topological polar surface area (TPSA) is 74.5 Å². The summed E-state index contributed by atoms with van der Waals surface area (Å²) in [6, 6.07) is 6.00. The SMILES string of the molecule is CN(C)C(=O)CN=C(NCCCn1cccn1)NCc1cccs1. The molecule has 0 aliphatic carbocycles. The van der Waals surface area contributed by atoms with E-state index in [0.717, 1.165) is 19.5 Å². The van der Waals surface area contributed by atoms with Crippen molar-refractivity contribution < 1.29 is 4.79 Å². The highest BCUT2D eigenvalue weighted by molar-refractivity contribution is 7.09. The van der Waals surface area contributed by atoms with E-state index < -0.39 is 0 Å². The van der Waals surface area contributed by atoms with Crippen molar-refractivity contribution >= 4 is 23.2 Å². The highest BCUT2D eigenvalue weighted by atomic mass is 32.1. The first-order chi connectivity index (χ1) is 11.6. The van der Waals surface area contributed by atoms with E-state index in [9.17, 15) is 4.79 Å². The number of amides is 1. The molecule has 130 valence electrons. The minimum Gasteiger partial charge on any atom is -0.356 e. The smallest absolute Gasteiger partial charge is 0.243 e. The van der Waals surface area contributed by atoms with E-state index in [4.69, 9.17) is 0 Å². The van der Waals surface area contributed by atoms with Crippen molar-refractivity contribution in [2.24, 2.45) is 4.99 Å². The summed E-state index contributed by atoms with van der Waals surface area (Å²) in [6.45, 7) is 2.42. The molecule has 0 radical (unpaired) electrons. The van der Waals surface area contributed by atoms with Crippen LogP contribution in [0.1, 0.15) is 11.3 Å². The Morgan fingerprint density at radius 3 is 2.92 bits per heavy atom.